The van der Waals surface area contributed by atoms with E-state index in [-0.39, 0.29) is 23.7 Å². The molecule has 1 fully saturated rings. The lowest BCUT2D eigenvalue weighted by Gasteiger charge is -2.17. The number of nitrogens with one attached hydrogen (secondary N) is 1. The molecule has 0 aromatic carbocycles. The molecule has 0 saturated heterocycles. The van der Waals surface area contributed by atoms with Gasteiger partial charge in [-0.3, -0.25) is 14.6 Å². The maximum Gasteiger partial charge on any atom is 0.226 e. The number of amides is 2. The third-order valence-corrected chi connectivity index (χ3v) is 4.14. The Kier molecular flexibility index (Phi) is 5.92. The van der Waals surface area contributed by atoms with Crippen LogP contribution in [0.3, 0.4) is 0 Å². The molecule has 1 aromatic heterocycles. The highest BCUT2D eigenvalue weighted by Crippen LogP contribution is 2.39. The molecular weight excluding hydrogens is 278 g/mol. The minimum absolute atomic E-state index is 0.0364. The molecule has 22 heavy (non-hydrogen) atoms. The normalized spacial score (nSPS) is 19.5. The summed E-state index contributed by atoms with van der Waals surface area (Å²) in [6.45, 7) is 3.47. The van der Waals surface area contributed by atoms with Gasteiger partial charge in [0.25, 0.3) is 0 Å². The van der Waals surface area contributed by atoms with E-state index in [1.807, 2.05) is 19.2 Å². The van der Waals surface area contributed by atoms with Crippen LogP contribution in [0.4, 0.5) is 0 Å². The van der Waals surface area contributed by atoms with Crippen LogP contribution >= 0.6 is 0 Å². The van der Waals surface area contributed by atoms with Crippen LogP contribution in [0.5, 0.6) is 0 Å². The Morgan fingerprint density at radius 3 is 2.73 bits per heavy atom. The summed E-state index contributed by atoms with van der Waals surface area (Å²) in [5.41, 5.74) is 1.17. The van der Waals surface area contributed by atoms with Gasteiger partial charge in [0.05, 0.1) is 11.8 Å². The standard InChI is InChI=1S/C17H25N3O2/c1-3-4-8-19-16(21)14-12-15(14)17(22)20(2)11-7-13-5-9-18-10-6-13/h5-6,9-10,14-15H,3-4,7-8,11-12H2,1-2H3,(H,19,21). The monoisotopic (exact) mass is 303 g/mol. The fraction of sp³-hybridized carbons (Fsp3) is 0.588. The van der Waals surface area contributed by atoms with Crippen molar-refractivity contribution in [2.75, 3.05) is 20.1 Å². The van der Waals surface area contributed by atoms with Crippen molar-refractivity contribution < 1.29 is 9.59 Å². The number of likely N-dealkylation sites (N-methyl/N-ethyl adjacent to an activating group) is 1. The first-order chi connectivity index (χ1) is 10.6. The molecule has 0 aliphatic heterocycles. The van der Waals surface area contributed by atoms with Gasteiger partial charge in [0, 0.05) is 32.5 Å². The van der Waals surface area contributed by atoms with Crippen molar-refractivity contribution in [1.29, 1.82) is 0 Å². The second-order valence-corrected chi connectivity index (χ2v) is 5.96. The molecular formula is C17H25N3O2. The van der Waals surface area contributed by atoms with Crippen molar-refractivity contribution in [2.24, 2.45) is 11.8 Å². The molecule has 0 radical (unpaired) electrons. The molecule has 5 nitrogen and oxygen atoms in total. The lowest BCUT2D eigenvalue weighted by atomic mass is 10.2. The maximum atomic E-state index is 12.3. The van der Waals surface area contributed by atoms with E-state index < -0.39 is 0 Å². The maximum absolute atomic E-state index is 12.3. The lowest BCUT2D eigenvalue weighted by Crippen LogP contribution is -2.33. The van der Waals surface area contributed by atoms with Gasteiger partial charge in [-0.05, 0) is 37.0 Å². The molecule has 1 N–H and O–H groups in total. The smallest absolute Gasteiger partial charge is 0.226 e. The van der Waals surface area contributed by atoms with E-state index in [0.29, 0.717) is 19.5 Å². The molecule has 2 rings (SSSR count). The van der Waals surface area contributed by atoms with Gasteiger partial charge >= 0.3 is 0 Å². The zero-order valence-electron chi connectivity index (χ0n) is 13.4. The number of carbonyl (C=O) groups is 2. The van der Waals surface area contributed by atoms with Gasteiger partial charge in [-0.1, -0.05) is 13.3 Å². The molecule has 0 spiro atoms. The first kappa shape index (κ1) is 16.5. The van der Waals surface area contributed by atoms with E-state index in [4.69, 9.17) is 0 Å². The summed E-state index contributed by atoms with van der Waals surface area (Å²) in [7, 11) is 1.81. The number of hydrogen-bond donors (Lipinski definition) is 1. The molecule has 2 amide bonds. The summed E-state index contributed by atoms with van der Waals surface area (Å²) in [5.74, 6) is -0.115. The van der Waals surface area contributed by atoms with E-state index in [2.05, 4.69) is 17.2 Å². The van der Waals surface area contributed by atoms with Gasteiger partial charge in [-0.15, -0.1) is 0 Å². The number of unbranched alkanes of at least 4 members (excludes halogenated alkanes) is 1. The van der Waals surface area contributed by atoms with Crippen molar-refractivity contribution in [1.82, 2.24) is 15.2 Å². The minimum Gasteiger partial charge on any atom is -0.356 e. The zero-order chi connectivity index (χ0) is 15.9. The van der Waals surface area contributed by atoms with Gasteiger partial charge in [-0.2, -0.15) is 0 Å². The molecule has 120 valence electrons. The van der Waals surface area contributed by atoms with E-state index in [1.54, 1.807) is 17.3 Å². The van der Waals surface area contributed by atoms with Gasteiger partial charge in [0.1, 0.15) is 0 Å². The van der Waals surface area contributed by atoms with Gasteiger partial charge in [0.2, 0.25) is 11.8 Å². The Balaban J connectivity index is 1.72. The van der Waals surface area contributed by atoms with Gasteiger partial charge in [-0.25, -0.2) is 0 Å². The van der Waals surface area contributed by atoms with E-state index in [9.17, 15) is 9.59 Å². The number of nitrogens with zero attached hydrogens (tertiary/aromatic N) is 2. The third kappa shape index (κ3) is 4.55. The molecule has 1 aliphatic rings. The Hall–Kier alpha value is -1.91. The summed E-state index contributed by atoms with van der Waals surface area (Å²) in [6, 6.07) is 3.92. The zero-order valence-corrected chi connectivity index (χ0v) is 13.4. The first-order valence-corrected chi connectivity index (χ1v) is 8.05. The van der Waals surface area contributed by atoms with Crippen LogP contribution in [0, 0.1) is 11.8 Å². The van der Waals surface area contributed by atoms with Gasteiger partial charge in [0.15, 0.2) is 0 Å². The average Bonchev–Trinajstić information content (AvgIpc) is 3.33. The topological polar surface area (TPSA) is 62.3 Å². The van der Waals surface area contributed by atoms with Crippen molar-refractivity contribution in [2.45, 2.75) is 32.6 Å². The third-order valence-electron chi connectivity index (χ3n) is 4.14. The Morgan fingerprint density at radius 2 is 2.05 bits per heavy atom. The Labute approximate surface area is 132 Å². The lowest BCUT2D eigenvalue weighted by molar-refractivity contribution is -0.133. The molecule has 1 aromatic rings. The van der Waals surface area contributed by atoms with Crippen LogP contribution in [0.2, 0.25) is 0 Å². The molecule has 5 heteroatoms. The second-order valence-electron chi connectivity index (χ2n) is 5.96. The Bertz CT molecular complexity index is 504. The number of aromatic nitrogens is 1. The van der Waals surface area contributed by atoms with Crippen molar-refractivity contribution in [3.63, 3.8) is 0 Å². The highest BCUT2D eigenvalue weighted by Gasteiger charge is 2.48. The average molecular weight is 303 g/mol. The van der Waals surface area contributed by atoms with E-state index in [0.717, 1.165) is 19.3 Å². The molecule has 1 heterocycles. The predicted octanol–water partition coefficient (Wildman–Crippen LogP) is 1.63. The second kappa shape index (κ2) is 7.92. The van der Waals surface area contributed by atoms with Crippen LogP contribution in [0.1, 0.15) is 31.7 Å². The van der Waals surface area contributed by atoms with E-state index >= 15 is 0 Å². The number of carbonyl (C=O) groups excluding carboxylic acids is 2. The number of hydrogen-bond acceptors (Lipinski definition) is 3. The molecule has 1 saturated carbocycles. The van der Waals surface area contributed by atoms with Crippen LogP contribution in [-0.4, -0.2) is 41.8 Å². The predicted molar refractivity (Wildman–Crippen MR) is 85.1 cm³/mol. The molecule has 2 atom stereocenters. The highest BCUT2D eigenvalue weighted by molar-refractivity contribution is 5.92. The molecule has 1 aliphatic carbocycles. The SMILES string of the molecule is CCCCNC(=O)C1CC1C(=O)N(C)CCc1ccncc1. The van der Waals surface area contributed by atoms with Crippen LogP contribution in [0.15, 0.2) is 24.5 Å². The fourth-order valence-electron chi connectivity index (χ4n) is 2.52. The van der Waals surface area contributed by atoms with Crippen molar-refractivity contribution in [3.8, 4) is 0 Å². The van der Waals surface area contributed by atoms with Crippen molar-refractivity contribution in [3.05, 3.63) is 30.1 Å². The van der Waals surface area contributed by atoms with Crippen LogP contribution in [0.25, 0.3) is 0 Å². The summed E-state index contributed by atoms with van der Waals surface area (Å²) in [6.07, 6.45) is 7.07. The number of rotatable bonds is 8. The number of pyridine rings is 1. The van der Waals surface area contributed by atoms with Crippen LogP contribution in [-0.2, 0) is 16.0 Å². The summed E-state index contributed by atoms with van der Waals surface area (Å²) in [4.78, 5) is 29.9. The molecule has 0 bridgehead atoms. The molecule has 2 unspecified atom stereocenters. The van der Waals surface area contributed by atoms with Gasteiger partial charge < -0.3 is 10.2 Å². The Morgan fingerprint density at radius 1 is 1.32 bits per heavy atom. The first-order valence-electron chi connectivity index (χ1n) is 8.05. The summed E-state index contributed by atoms with van der Waals surface area (Å²) >= 11 is 0. The fourth-order valence-corrected chi connectivity index (χ4v) is 2.52. The summed E-state index contributed by atoms with van der Waals surface area (Å²) in [5, 5.41) is 2.91. The van der Waals surface area contributed by atoms with E-state index in [1.165, 1.54) is 5.56 Å². The van der Waals surface area contributed by atoms with Crippen molar-refractivity contribution >= 4 is 11.8 Å². The largest absolute Gasteiger partial charge is 0.356 e. The summed E-state index contributed by atoms with van der Waals surface area (Å²) < 4.78 is 0. The highest BCUT2D eigenvalue weighted by atomic mass is 16.2. The van der Waals surface area contributed by atoms with Crippen LogP contribution < -0.4 is 5.32 Å². The quantitative estimate of drug-likeness (QED) is 0.743. The minimum atomic E-state index is -0.121.